The van der Waals surface area contributed by atoms with Gasteiger partial charge in [-0.25, -0.2) is 4.57 Å². The first-order chi connectivity index (χ1) is 9.16. The number of hydrogen-bond donors (Lipinski definition) is 0. The minimum atomic E-state index is 0.283. The topological polar surface area (TPSA) is 7.12 Å². The number of aromatic nitrogens is 1. The summed E-state index contributed by atoms with van der Waals surface area (Å²) < 4.78 is 2.21. The Morgan fingerprint density at radius 3 is 2.79 bits per heavy atom. The molecule has 2 aromatic rings. The summed E-state index contributed by atoms with van der Waals surface area (Å²) >= 11 is 0. The van der Waals surface area contributed by atoms with Crippen molar-refractivity contribution in [3.05, 3.63) is 59.9 Å². The number of rotatable bonds is 1. The predicted octanol–water partition coefficient (Wildman–Crippen LogP) is 0.841. The van der Waals surface area contributed by atoms with Crippen molar-refractivity contribution in [2.75, 3.05) is 7.05 Å². The molecule has 3 rings (SSSR count). The summed E-state index contributed by atoms with van der Waals surface area (Å²) in [6.45, 7) is 2.43. The second-order valence-corrected chi connectivity index (χ2v) is 5.25. The number of benzene rings is 1. The van der Waals surface area contributed by atoms with Crippen LogP contribution in [0, 0.1) is 6.92 Å². The molecule has 0 saturated heterocycles. The van der Waals surface area contributed by atoms with Crippen LogP contribution in [0.25, 0.3) is 6.08 Å². The van der Waals surface area contributed by atoms with Crippen LogP contribution in [0.2, 0.25) is 0 Å². The van der Waals surface area contributed by atoms with Crippen LogP contribution in [0.15, 0.2) is 48.8 Å². The Bertz CT molecular complexity index is 649. The highest BCUT2D eigenvalue weighted by Crippen LogP contribution is 2.09. The van der Waals surface area contributed by atoms with Crippen LogP contribution in [0.4, 0.5) is 0 Å². The molecular weight excluding hydrogens is 231 g/mol. The lowest BCUT2D eigenvalue weighted by Crippen LogP contribution is -2.65. The van der Waals surface area contributed by atoms with Crippen molar-refractivity contribution in [2.45, 2.75) is 6.92 Å². The second-order valence-electron chi connectivity index (χ2n) is 5.25. The first kappa shape index (κ1) is 12.0. The summed E-state index contributed by atoms with van der Waals surface area (Å²) in [5.41, 5.74) is 5.30. The van der Waals surface area contributed by atoms with E-state index in [-0.39, 0.29) is 6.85 Å². The molecule has 0 atom stereocenters. The van der Waals surface area contributed by atoms with Gasteiger partial charge in [0.15, 0.2) is 11.8 Å². The summed E-state index contributed by atoms with van der Waals surface area (Å²) in [4.78, 5) is 2.27. The van der Waals surface area contributed by atoms with Crippen LogP contribution in [-0.4, -0.2) is 18.7 Å². The first-order valence-corrected chi connectivity index (χ1v) is 6.62. The Kier molecular flexibility index (Phi) is 2.90. The highest BCUT2D eigenvalue weighted by atomic mass is 15.0. The van der Waals surface area contributed by atoms with Crippen LogP contribution in [-0.2, 0) is 7.05 Å². The zero-order chi connectivity index (χ0) is 13.4. The van der Waals surface area contributed by atoms with Crippen LogP contribution >= 0.6 is 0 Å². The largest absolute Gasteiger partial charge is 0.411 e. The molecule has 2 heterocycles. The summed E-state index contributed by atoms with van der Waals surface area (Å²) in [7, 11) is 4.25. The van der Waals surface area contributed by atoms with Crippen molar-refractivity contribution in [2.24, 2.45) is 7.05 Å². The van der Waals surface area contributed by atoms with Crippen molar-refractivity contribution in [3.8, 4) is 0 Å². The summed E-state index contributed by atoms with van der Waals surface area (Å²) in [6, 6.07) is 13.0. The lowest BCUT2D eigenvalue weighted by atomic mass is 9.49. The van der Waals surface area contributed by atoms with E-state index in [1.165, 1.54) is 22.2 Å². The molecule has 0 N–H and O–H groups in total. The van der Waals surface area contributed by atoms with Crippen LogP contribution in [0.1, 0.15) is 11.1 Å². The Morgan fingerprint density at radius 2 is 1.95 bits per heavy atom. The van der Waals surface area contributed by atoms with Gasteiger partial charge in [-0.3, -0.25) is 0 Å². The molecule has 0 spiro atoms. The lowest BCUT2D eigenvalue weighted by molar-refractivity contribution is -0.654. The van der Waals surface area contributed by atoms with Crippen molar-refractivity contribution in [3.63, 3.8) is 0 Å². The fourth-order valence-electron chi connectivity index (χ4n) is 2.75. The van der Waals surface area contributed by atoms with Gasteiger partial charge in [0.1, 0.15) is 7.05 Å². The van der Waals surface area contributed by atoms with Gasteiger partial charge in [0.25, 0.3) is 0 Å². The SMILES string of the molecule is Cc1cc[n+](C)c(B2c3ccccc3C=CN2C)c1. The molecule has 0 saturated carbocycles. The molecule has 1 aliphatic heterocycles. The molecular formula is C16H18BN2+. The Labute approximate surface area is 115 Å². The van der Waals surface area contributed by atoms with Gasteiger partial charge in [0, 0.05) is 12.1 Å². The molecule has 1 aromatic carbocycles. The monoisotopic (exact) mass is 249 g/mol. The van der Waals surface area contributed by atoms with Gasteiger partial charge in [-0.1, -0.05) is 24.3 Å². The average molecular weight is 249 g/mol. The van der Waals surface area contributed by atoms with E-state index in [9.17, 15) is 0 Å². The number of hydrogen-bond acceptors (Lipinski definition) is 1. The van der Waals surface area contributed by atoms with Gasteiger partial charge >= 0.3 is 6.85 Å². The highest BCUT2D eigenvalue weighted by Gasteiger charge is 2.34. The van der Waals surface area contributed by atoms with E-state index in [4.69, 9.17) is 0 Å². The number of nitrogens with zero attached hydrogens (tertiary/aromatic N) is 2. The maximum atomic E-state index is 2.27. The first-order valence-electron chi connectivity index (χ1n) is 6.62. The van der Waals surface area contributed by atoms with E-state index in [1.807, 2.05) is 0 Å². The number of pyridine rings is 1. The predicted molar refractivity (Wildman–Crippen MR) is 80.6 cm³/mol. The maximum absolute atomic E-state index is 2.27. The van der Waals surface area contributed by atoms with E-state index in [1.54, 1.807) is 0 Å². The van der Waals surface area contributed by atoms with Crippen LogP contribution in [0.3, 0.4) is 0 Å². The molecule has 3 heteroatoms. The summed E-state index contributed by atoms with van der Waals surface area (Å²) in [5, 5.41) is 0. The quantitative estimate of drug-likeness (QED) is 0.536. The van der Waals surface area contributed by atoms with Gasteiger partial charge in [-0.05, 0) is 42.8 Å². The summed E-state index contributed by atoms with van der Waals surface area (Å²) in [6.07, 6.45) is 6.48. The zero-order valence-electron chi connectivity index (χ0n) is 11.7. The highest BCUT2D eigenvalue weighted by molar-refractivity contribution is 6.82. The molecule has 0 fully saturated rings. The van der Waals surface area contributed by atoms with E-state index in [0.29, 0.717) is 0 Å². The molecule has 0 amide bonds. The number of aryl methyl sites for hydroxylation is 2. The van der Waals surface area contributed by atoms with Crippen molar-refractivity contribution in [1.82, 2.24) is 4.81 Å². The fraction of sp³-hybridized carbons (Fsp3) is 0.188. The van der Waals surface area contributed by atoms with Gasteiger partial charge in [-0.2, -0.15) is 0 Å². The van der Waals surface area contributed by atoms with E-state index in [2.05, 4.69) is 85.3 Å². The van der Waals surface area contributed by atoms with Crippen molar-refractivity contribution < 1.29 is 4.57 Å². The van der Waals surface area contributed by atoms with Gasteiger partial charge in [-0.15, -0.1) is 0 Å². The van der Waals surface area contributed by atoms with Crippen LogP contribution < -0.4 is 15.6 Å². The third-order valence-corrected chi connectivity index (χ3v) is 3.81. The molecule has 0 aliphatic carbocycles. The molecule has 1 aliphatic rings. The lowest BCUT2D eigenvalue weighted by Gasteiger charge is -2.27. The molecule has 1 aromatic heterocycles. The third kappa shape index (κ3) is 2.05. The van der Waals surface area contributed by atoms with Gasteiger partial charge < -0.3 is 4.81 Å². The molecule has 2 nitrogen and oxygen atoms in total. The normalized spacial score (nSPS) is 13.6. The maximum Gasteiger partial charge on any atom is 0.403 e. The molecule has 0 bridgehead atoms. The van der Waals surface area contributed by atoms with Gasteiger partial charge in [0.05, 0.1) is 0 Å². The molecule has 19 heavy (non-hydrogen) atoms. The van der Waals surface area contributed by atoms with E-state index < -0.39 is 0 Å². The second kappa shape index (κ2) is 4.58. The van der Waals surface area contributed by atoms with Crippen molar-refractivity contribution in [1.29, 1.82) is 0 Å². The van der Waals surface area contributed by atoms with Gasteiger partial charge in [0.2, 0.25) is 0 Å². The Hall–Kier alpha value is -2.03. The van der Waals surface area contributed by atoms with Crippen molar-refractivity contribution >= 4 is 24.0 Å². The third-order valence-electron chi connectivity index (χ3n) is 3.81. The molecule has 94 valence electrons. The molecule has 0 unspecified atom stereocenters. The average Bonchev–Trinajstić information content (AvgIpc) is 2.42. The minimum Gasteiger partial charge on any atom is -0.411 e. The molecule has 0 radical (unpaired) electrons. The van der Waals surface area contributed by atoms with E-state index >= 15 is 0 Å². The van der Waals surface area contributed by atoms with Crippen LogP contribution in [0.5, 0.6) is 0 Å². The smallest absolute Gasteiger partial charge is 0.403 e. The standard InChI is InChI=1S/C16H18BN2/c1-13-8-10-18(2)16(12-13)17-15-7-5-4-6-14(15)9-11-19(17)3/h4-12H,1-3H3/q+1. The Balaban J connectivity index is 2.18. The zero-order valence-corrected chi connectivity index (χ0v) is 11.7. The summed E-state index contributed by atoms with van der Waals surface area (Å²) in [5.74, 6) is 0. The van der Waals surface area contributed by atoms with E-state index in [0.717, 1.165) is 0 Å². The number of fused-ring (bicyclic) bond motifs is 1. The fourth-order valence-corrected chi connectivity index (χ4v) is 2.75. The minimum absolute atomic E-state index is 0.283. The Morgan fingerprint density at radius 1 is 1.16 bits per heavy atom.